The molecular weight excluding hydrogens is 683 g/mol. The Balaban J connectivity index is 1.36. The second-order valence-corrected chi connectivity index (χ2v) is 22.6. The van der Waals surface area contributed by atoms with Crippen LogP contribution in [0.4, 0.5) is 14.6 Å². The van der Waals surface area contributed by atoms with E-state index in [1.54, 1.807) is 12.3 Å². The third kappa shape index (κ3) is 6.51. The second-order valence-electron chi connectivity index (χ2n) is 17.0. The molecule has 7 nitrogen and oxygen atoms in total. The predicted molar refractivity (Wildman–Crippen MR) is 215 cm³/mol. The molecule has 1 saturated carbocycles. The molecule has 0 unspecified atom stereocenters. The maximum absolute atomic E-state index is 17.2. The fourth-order valence-corrected chi connectivity index (χ4v) is 15.2. The number of halogens is 2. The fourth-order valence-electron chi connectivity index (χ4n) is 9.98. The molecule has 4 aromatic rings. The van der Waals surface area contributed by atoms with Gasteiger partial charge in [0.1, 0.15) is 37.5 Å². The molecule has 282 valence electrons. The Morgan fingerprint density at radius 3 is 2.25 bits per heavy atom. The minimum absolute atomic E-state index is 0.00296. The average molecular weight is 739 g/mol. The fraction of sp³-hybridized carbons (Fsp3) is 0.558. The number of hydrogen-bond donors (Lipinski definition) is 1. The molecule has 0 amide bonds. The van der Waals surface area contributed by atoms with Crippen molar-refractivity contribution in [3.8, 4) is 28.7 Å². The number of aromatic nitrogens is 3. The largest absolute Gasteiger partial charge is 0.461 e. The number of anilines is 1. The lowest BCUT2D eigenvalue weighted by Crippen LogP contribution is -2.54. The summed E-state index contributed by atoms with van der Waals surface area (Å²) in [4.78, 5) is 19.1. The van der Waals surface area contributed by atoms with Crippen LogP contribution in [-0.4, -0.2) is 84.2 Å². The molecular formula is C43H56F2N6OSi. The van der Waals surface area contributed by atoms with Gasteiger partial charge in [0.2, 0.25) is 0 Å². The predicted octanol–water partition coefficient (Wildman–Crippen LogP) is 9.60. The van der Waals surface area contributed by atoms with E-state index in [1.165, 1.54) is 12.5 Å². The van der Waals surface area contributed by atoms with Crippen LogP contribution >= 0.6 is 0 Å². The molecule has 0 atom stereocenters. The van der Waals surface area contributed by atoms with Gasteiger partial charge in [-0.2, -0.15) is 9.97 Å². The van der Waals surface area contributed by atoms with Crippen LogP contribution in [0.15, 0.2) is 36.5 Å². The minimum atomic E-state index is -2.19. The molecule has 7 rings (SSSR count). The van der Waals surface area contributed by atoms with Crippen LogP contribution in [0.25, 0.3) is 32.9 Å². The molecule has 3 aliphatic rings. The highest BCUT2D eigenvalue weighted by Gasteiger charge is 2.45. The van der Waals surface area contributed by atoms with Crippen molar-refractivity contribution in [1.82, 2.24) is 24.8 Å². The van der Waals surface area contributed by atoms with Gasteiger partial charge in [0.15, 0.2) is 5.82 Å². The van der Waals surface area contributed by atoms with Crippen LogP contribution in [0.2, 0.25) is 16.6 Å². The summed E-state index contributed by atoms with van der Waals surface area (Å²) in [7, 11) is 2.02. The van der Waals surface area contributed by atoms with Gasteiger partial charge in [-0.05, 0) is 100 Å². The maximum atomic E-state index is 17.2. The van der Waals surface area contributed by atoms with Gasteiger partial charge in [0.05, 0.1) is 16.5 Å². The Hall–Kier alpha value is -3.65. The second kappa shape index (κ2) is 14.5. The first kappa shape index (κ1) is 37.7. The van der Waals surface area contributed by atoms with E-state index in [9.17, 15) is 0 Å². The monoisotopic (exact) mass is 738 g/mol. The van der Waals surface area contributed by atoms with Crippen molar-refractivity contribution in [2.45, 2.75) is 114 Å². The summed E-state index contributed by atoms with van der Waals surface area (Å²) in [5.41, 5.74) is 5.85. The molecule has 0 radical (unpaired) electrons. The first-order chi connectivity index (χ1) is 25.3. The van der Waals surface area contributed by atoms with Crippen molar-refractivity contribution in [1.29, 1.82) is 0 Å². The molecule has 1 N–H and O–H groups in total. The summed E-state index contributed by atoms with van der Waals surface area (Å²) >= 11 is 0. The Morgan fingerprint density at radius 1 is 0.925 bits per heavy atom. The third-order valence-corrected chi connectivity index (χ3v) is 19.6. The van der Waals surface area contributed by atoms with Crippen molar-refractivity contribution >= 4 is 35.6 Å². The first-order valence-corrected chi connectivity index (χ1v) is 22.0. The Labute approximate surface area is 315 Å². The smallest absolute Gasteiger partial charge is 0.319 e. The van der Waals surface area contributed by atoms with E-state index in [0.29, 0.717) is 57.5 Å². The van der Waals surface area contributed by atoms with Gasteiger partial charge in [-0.15, -0.1) is 5.54 Å². The molecule has 2 aromatic heterocycles. The molecule has 10 heteroatoms. The van der Waals surface area contributed by atoms with Gasteiger partial charge in [-0.25, -0.2) is 8.78 Å². The molecule has 53 heavy (non-hydrogen) atoms. The molecule has 1 aliphatic carbocycles. The van der Waals surface area contributed by atoms with Gasteiger partial charge in [0.25, 0.3) is 0 Å². The summed E-state index contributed by atoms with van der Waals surface area (Å²) in [5.74, 6) is 2.87. The number of likely N-dealkylation sites (N-methyl/N-ethyl adjacent to an activating group) is 1. The zero-order valence-electron chi connectivity index (χ0n) is 32.9. The molecule has 2 aromatic carbocycles. The number of rotatable bonds is 11. The topological polar surface area (TPSA) is 66.4 Å². The van der Waals surface area contributed by atoms with Gasteiger partial charge >= 0.3 is 6.01 Å². The zero-order chi connectivity index (χ0) is 37.7. The summed E-state index contributed by atoms with van der Waals surface area (Å²) in [6.07, 6.45) is 9.44. The van der Waals surface area contributed by atoms with Crippen LogP contribution in [0.5, 0.6) is 6.01 Å². The lowest BCUT2D eigenvalue weighted by molar-refractivity contribution is 0.0738. The normalized spacial score (nSPS) is 18.2. The van der Waals surface area contributed by atoms with E-state index in [2.05, 4.69) is 82.2 Å². The molecule has 2 aliphatic heterocycles. The highest BCUT2D eigenvalue weighted by atomic mass is 28.3. The van der Waals surface area contributed by atoms with Crippen molar-refractivity contribution in [3.05, 3.63) is 53.7 Å². The number of benzene rings is 2. The molecule has 4 heterocycles. The van der Waals surface area contributed by atoms with Crippen LogP contribution in [0, 0.1) is 23.1 Å². The third-order valence-electron chi connectivity index (χ3n) is 13.3. The lowest BCUT2D eigenvalue weighted by atomic mass is 9.75. The lowest BCUT2D eigenvalue weighted by Gasteiger charge is -2.47. The van der Waals surface area contributed by atoms with Crippen molar-refractivity contribution in [3.63, 3.8) is 0 Å². The average Bonchev–Trinajstić information content (AvgIpc) is 3.68. The highest BCUT2D eigenvalue weighted by Crippen LogP contribution is 2.43. The summed E-state index contributed by atoms with van der Waals surface area (Å²) < 4.78 is 39.6. The van der Waals surface area contributed by atoms with E-state index >= 15 is 8.78 Å². The van der Waals surface area contributed by atoms with E-state index < -0.39 is 19.7 Å². The van der Waals surface area contributed by atoms with Crippen molar-refractivity contribution in [2.24, 2.45) is 0 Å². The molecule has 0 spiro atoms. The molecule has 3 fully saturated rings. The van der Waals surface area contributed by atoms with Crippen LogP contribution in [0.1, 0.15) is 92.1 Å². The number of fused-ring (bicyclic) bond motifs is 3. The van der Waals surface area contributed by atoms with Crippen LogP contribution in [-0.2, 0) is 0 Å². The number of hydrogen-bond acceptors (Lipinski definition) is 7. The summed E-state index contributed by atoms with van der Waals surface area (Å²) in [6, 6.07) is 8.96. The van der Waals surface area contributed by atoms with Gasteiger partial charge in [-0.3, -0.25) is 9.88 Å². The molecule has 0 bridgehead atoms. The van der Waals surface area contributed by atoms with E-state index in [-0.39, 0.29) is 28.3 Å². The Bertz CT molecular complexity index is 2040. The Kier molecular flexibility index (Phi) is 10.3. The van der Waals surface area contributed by atoms with Gasteiger partial charge in [-0.1, -0.05) is 71.7 Å². The number of pyridine rings is 1. The van der Waals surface area contributed by atoms with Gasteiger partial charge < -0.3 is 15.0 Å². The summed E-state index contributed by atoms with van der Waals surface area (Å²) in [6.45, 7) is 16.7. The first-order valence-electron chi connectivity index (χ1n) is 19.7. The number of ether oxygens (including phenoxy) is 1. The van der Waals surface area contributed by atoms with E-state index in [1.807, 2.05) is 18.2 Å². The van der Waals surface area contributed by atoms with E-state index in [0.717, 1.165) is 57.0 Å². The number of nitrogens with zero attached hydrogens (tertiary/aromatic N) is 5. The molecule has 2 saturated heterocycles. The zero-order valence-corrected chi connectivity index (χ0v) is 33.9. The van der Waals surface area contributed by atoms with Crippen LogP contribution in [0.3, 0.4) is 0 Å². The Morgan fingerprint density at radius 2 is 1.62 bits per heavy atom. The SMILES string of the molecule is CC(C)[Si](C#Cc1c(F)ccc2cccc(-c3ncc4c(NCC5(N(C)C)CCC5)nc(OCC56CCCN5CCC6)nc4c3F)c12)(C(C)C)C(C)C. The van der Waals surface area contributed by atoms with Crippen molar-refractivity contribution in [2.75, 3.05) is 45.7 Å². The van der Waals surface area contributed by atoms with Crippen LogP contribution < -0.4 is 10.1 Å². The maximum Gasteiger partial charge on any atom is 0.319 e. The quantitative estimate of drug-likeness (QED) is 0.122. The van der Waals surface area contributed by atoms with E-state index in [4.69, 9.17) is 19.7 Å². The highest BCUT2D eigenvalue weighted by molar-refractivity contribution is 6.90. The van der Waals surface area contributed by atoms with Gasteiger partial charge in [0, 0.05) is 29.2 Å². The minimum Gasteiger partial charge on any atom is -0.461 e. The standard InChI is InChI=1S/C43H56F2N6OSi/c1-28(2)53(29(3)4,30(5)6)24-17-32-35(44)16-15-31-13-9-14-33(36(31)32)38-37(45)39-34(25-46-38)40(47-26-42(50(7)8)18-10-19-42)49-41(48-39)52-27-43-20-11-22-51(43)23-12-21-43/h9,13-16,25,28-30H,10-12,18-23,26-27H2,1-8H3,(H,47,48,49). The van der Waals surface area contributed by atoms with Crippen molar-refractivity contribution < 1.29 is 13.5 Å². The summed E-state index contributed by atoms with van der Waals surface area (Å²) in [5, 5.41) is 5.39. The number of nitrogens with one attached hydrogen (secondary N) is 1.